The van der Waals surface area contributed by atoms with E-state index in [9.17, 15) is 13.2 Å². The molecule has 0 bridgehead atoms. The van der Waals surface area contributed by atoms with Crippen LogP contribution < -0.4 is 5.32 Å². The molecule has 5 heteroatoms. The summed E-state index contributed by atoms with van der Waals surface area (Å²) in [5, 5.41) is 3.20. The first-order valence-electron chi connectivity index (χ1n) is 5.28. The Balaban J connectivity index is 2.09. The van der Waals surface area contributed by atoms with E-state index in [-0.39, 0.29) is 0 Å². The normalized spacial score (nSPS) is 21.3. The van der Waals surface area contributed by atoms with Gasteiger partial charge >= 0.3 is 6.18 Å². The SMILES string of the molecule is FC(F)(F)c1cc(C[C@H]2CCNC2)ccn1. The molecule has 0 radical (unpaired) electrons. The largest absolute Gasteiger partial charge is 0.433 e. The number of alkyl halides is 3. The van der Waals surface area contributed by atoms with Crippen molar-refractivity contribution in [2.45, 2.75) is 19.0 Å². The van der Waals surface area contributed by atoms with Crippen molar-refractivity contribution in [1.82, 2.24) is 10.3 Å². The van der Waals surface area contributed by atoms with Crippen molar-refractivity contribution in [1.29, 1.82) is 0 Å². The summed E-state index contributed by atoms with van der Waals surface area (Å²) in [6.45, 7) is 1.85. The molecule has 0 amide bonds. The molecule has 2 rings (SSSR count). The van der Waals surface area contributed by atoms with Crippen LogP contribution in [0.2, 0.25) is 0 Å². The molecule has 0 aromatic carbocycles. The zero-order chi connectivity index (χ0) is 11.6. The highest BCUT2D eigenvalue weighted by Gasteiger charge is 2.32. The van der Waals surface area contributed by atoms with Gasteiger partial charge in [0.25, 0.3) is 0 Å². The van der Waals surface area contributed by atoms with Crippen LogP contribution in [0.4, 0.5) is 13.2 Å². The van der Waals surface area contributed by atoms with Gasteiger partial charge in [-0.15, -0.1) is 0 Å². The summed E-state index contributed by atoms with van der Waals surface area (Å²) < 4.78 is 37.2. The van der Waals surface area contributed by atoms with Crippen LogP contribution in [0.25, 0.3) is 0 Å². The zero-order valence-corrected chi connectivity index (χ0v) is 8.72. The third-order valence-electron chi connectivity index (χ3n) is 2.80. The van der Waals surface area contributed by atoms with Crippen molar-refractivity contribution in [2.75, 3.05) is 13.1 Å². The van der Waals surface area contributed by atoms with Gasteiger partial charge < -0.3 is 5.32 Å². The van der Waals surface area contributed by atoms with Crippen molar-refractivity contribution in [3.05, 3.63) is 29.6 Å². The van der Waals surface area contributed by atoms with Crippen LogP contribution in [0.15, 0.2) is 18.3 Å². The number of nitrogens with zero attached hydrogens (tertiary/aromatic N) is 1. The quantitative estimate of drug-likeness (QED) is 0.842. The third kappa shape index (κ3) is 2.72. The molecular formula is C11H13F3N2. The number of nitrogens with one attached hydrogen (secondary N) is 1. The van der Waals surface area contributed by atoms with E-state index in [1.165, 1.54) is 6.20 Å². The van der Waals surface area contributed by atoms with E-state index < -0.39 is 11.9 Å². The Morgan fingerprint density at radius 1 is 1.44 bits per heavy atom. The smallest absolute Gasteiger partial charge is 0.316 e. The summed E-state index contributed by atoms with van der Waals surface area (Å²) in [4.78, 5) is 3.34. The first kappa shape index (κ1) is 11.4. The number of hydrogen-bond acceptors (Lipinski definition) is 2. The topological polar surface area (TPSA) is 24.9 Å². The van der Waals surface area contributed by atoms with Crippen LogP contribution in [0, 0.1) is 5.92 Å². The lowest BCUT2D eigenvalue weighted by molar-refractivity contribution is -0.141. The Bertz CT molecular complexity index is 356. The molecule has 1 aromatic heterocycles. The summed E-state index contributed by atoms with van der Waals surface area (Å²) in [5.74, 6) is 0.448. The van der Waals surface area contributed by atoms with Gasteiger partial charge in [-0.25, -0.2) is 0 Å². The first-order valence-corrected chi connectivity index (χ1v) is 5.28. The number of aromatic nitrogens is 1. The predicted octanol–water partition coefficient (Wildman–Crippen LogP) is 2.25. The molecule has 1 N–H and O–H groups in total. The van der Waals surface area contributed by atoms with Crippen LogP contribution in [0.5, 0.6) is 0 Å². The third-order valence-corrected chi connectivity index (χ3v) is 2.80. The maximum absolute atomic E-state index is 12.4. The average molecular weight is 230 g/mol. The molecule has 16 heavy (non-hydrogen) atoms. The lowest BCUT2D eigenvalue weighted by Crippen LogP contribution is -2.12. The second-order valence-electron chi connectivity index (χ2n) is 4.11. The molecule has 1 fully saturated rings. The van der Waals surface area contributed by atoms with Gasteiger partial charge in [-0.1, -0.05) is 0 Å². The summed E-state index contributed by atoms with van der Waals surface area (Å²) in [6.07, 6.45) is -1.38. The highest BCUT2D eigenvalue weighted by Crippen LogP contribution is 2.28. The van der Waals surface area contributed by atoms with Crippen molar-refractivity contribution >= 4 is 0 Å². The zero-order valence-electron chi connectivity index (χ0n) is 8.72. The van der Waals surface area contributed by atoms with E-state index in [0.717, 1.165) is 31.1 Å². The van der Waals surface area contributed by atoms with Crippen molar-refractivity contribution in [2.24, 2.45) is 5.92 Å². The molecule has 1 atom stereocenters. The molecule has 1 aromatic rings. The molecular weight excluding hydrogens is 217 g/mol. The Labute approximate surface area is 91.9 Å². The molecule has 1 aliphatic heterocycles. The summed E-state index contributed by atoms with van der Waals surface area (Å²) in [5.41, 5.74) is -0.0769. The van der Waals surface area contributed by atoms with Gasteiger partial charge in [-0.05, 0) is 49.5 Å². The molecule has 0 saturated carbocycles. The van der Waals surface area contributed by atoms with Crippen LogP contribution in [0.3, 0.4) is 0 Å². The number of hydrogen-bond donors (Lipinski definition) is 1. The molecule has 88 valence electrons. The lowest BCUT2D eigenvalue weighted by atomic mass is 9.99. The summed E-state index contributed by atoms with van der Waals surface area (Å²) in [7, 11) is 0. The van der Waals surface area contributed by atoms with E-state index in [2.05, 4.69) is 10.3 Å². The molecule has 0 unspecified atom stereocenters. The Morgan fingerprint density at radius 3 is 2.88 bits per heavy atom. The van der Waals surface area contributed by atoms with E-state index in [1.54, 1.807) is 6.07 Å². The fraction of sp³-hybridized carbons (Fsp3) is 0.545. The number of rotatable bonds is 2. The number of pyridine rings is 1. The van der Waals surface area contributed by atoms with Crippen LogP contribution in [0.1, 0.15) is 17.7 Å². The molecule has 1 aliphatic rings. The standard InChI is InChI=1S/C11H13F3N2/c12-11(13,14)10-6-8(2-4-16-10)5-9-1-3-15-7-9/h2,4,6,9,15H,1,3,5,7H2/t9-/m1/s1. The first-order chi connectivity index (χ1) is 7.55. The molecule has 0 spiro atoms. The van der Waals surface area contributed by atoms with Gasteiger partial charge in [0.05, 0.1) is 0 Å². The molecule has 1 saturated heterocycles. The van der Waals surface area contributed by atoms with E-state index in [1.807, 2.05) is 0 Å². The van der Waals surface area contributed by atoms with E-state index >= 15 is 0 Å². The predicted molar refractivity (Wildman–Crippen MR) is 53.9 cm³/mol. The summed E-state index contributed by atoms with van der Waals surface area (Å²) in [6, 6.07) is 2.81. The number of halogens is 3. The highest BCUT2D eigenvalue weighted by atomic mass is 19.4. The highest BCUT2D eigenvalue weighted by molar-refractivity contribution is 5.19. The van der Waals surface area contributed by atoms with Crippen molar-refractivity contribution in [3.63, 3.8) is 0 Å². The maximum Gasteiger partial charge on any atom is 0.433 e. The second kappa shape index (κ2) is 4.41. The Kier molecular flexibility index (Phi) is 3.14. The minimum absolute atomic E-state index is 0.448. The van der Waals surface area contributed by atoms with E-state index in [4.69, 9.17) is 0 Å². The minimum atomic E-state index is -4.34. The van der Waals surface area contributed by atoms with Gasteiger partial charge in [-0.3, -0.25) is 4.98 Å². The monoisotopic (exact) mass is 230 g/mol. The van der Waals surface area contributed by atoms with Gasteiger partial charge in [0.1, 0.15) is 5.69 Å². The van der Waals surface area contributed by atoms with Gasteiger partial charge in [0, 0.05) is 6.20 Å². The van der Waals surface area contributed by atoms with Crippen LogP contribution in [-0.2, 0) is 12.6 Å². The maximum atomic E-state index is 12.4. The summed E-state index contributed by atoms with van der Waals surface area (Å²) >= 11 is 0. The second-order valence-corrected chi connectivity index (χ2v) is 4.11. The van der Waals surface area contributed by atoms with Crippen LogP contribution in [-0.4, -0.2) is 18.1 Å². The van der Waals surface area contributed by atoms with Gasteiger partial charge in [0.15, 0.2) is 0 Å². The fourth-order valence-corrected chi connectivity index (χ4v) is 1.98. The minimum Gasteiger partial charge on any atom is -0.316 e. The van der Waals surface area contributed by atoms with E-state index in [0.29, 0.717) is 12.3 Å². The Morgan fingerprint density at radius 2 is 2.25 bits per heavy atom. The molecule has 2 nitrogen and oxygen atoms in total. The van der Waals surface area contributed by atoms with Crippen LogP contribution >= 0.6 is 0 Å². The molecule has 0 aliphatic carbocycles. The average Bonchev–Trinajstić information content (AvgIpc) is 2.70. The van der Waals surface area contributed by atoms with Crippen molar-refractivity contribution < 1.29 is 13.2 Å². The van der Waals surface area contributed by atoms with Gasteiger partial charge in [-0.2, -0.15) is 13.2 Å². The van der Waals surface area contributed by atoms with Crippen molar-refractivity contribution in [3.8, 4) is 0 Å². The Hall–Kier alpha value is -1.10. The molecule has 2 heterocycles. The van der Waals surface area contributed by atoms with Gasteiger partial charge in [0.2, 0.25) is 0 Å². The lowest BCUT2D eigenvalue weighted by Gasteiger charge is -2.10. The fourth-order valence-electron chi connectivity index (χ4n) is 1.98.